The van der Waals surface area contributed by atoms with E-state index in [4.69, 9.17) is 4.74 Å². The highest BCUT2D eigenvalue weighted by atomic mass is 16.5. The first kappa shape index (κ1) is 15.3. The van der Waals surface area contributed by atoms with E-state index in [1.54, 1.807) is 19.2 Å². The van der Waals surface area contributed by atoms with E-state index in [2.05, 4.69) is 12.2 Å². The van der Waals surface area contributed by atoms with Gasteiger partial charge in [0.1, 0.15) is 0 Å². The minimum Gasteiger partial charge on any atom is -0.504 e. The molecule has 0 bridgehead atoms. The minimum absolute atomic E-state index is 0.00816. The van der Waals surface area contributed by atoms with E-state index in [-0.39, 0.29) is 11.7 Å². The molecule has 0 saturated heterocycles. The first-order chi connectivity index (χ1) is 9.10. The predicted octanol–water partition coefficient (Wildman–Crippen LogP) is 1.36. The SMILES string of the molecule is CCCN(CC(=O)NC)Cc1ccc(OC)c(O)c1. The van der Waals surface area contributed by atoms with Crippen molar-refractivity contribution in [3.63, 3.8) is 0 Å². The zero-order valence-corrected chi connectivity index (χ0v) is 11.8. The largest absolute Gasteiger partial charge is 0.504 e. The topological polar surface area (TPSA) is 61.8 Å². The fraction of sp³-hybridized carbons (Fsp3) is 0.500. The zero-order chi connectivity index (χ0) is 14.3. The number of phenolic OH excluding ortho intramolecular Hbond substituents is 1. The van der Waals surface area contributed by atoms with Crippen LogP contribution in [0.1, 0.15) is 18.9 Å². The fourth-order valence-corrected chi connectivity index (χ4v) is 1.90. The van der Waals surface area contributed by atoms with E-state index in [1.807, 2.05) is 11.0 Å². The van der Waals surface area contributed by atoms with Gasteiger partial charge in [-0.05, 0) is 30.7 Å². The van der Waals surface area contributed by atoms with E-state index in [0.717, 1.165) is 18.5 Å². The molecule has 0 aliphatic rings. The van der Waals surface area contributed by atoms with Crippen LogP contribution in [0.3, 0.4) is 0 Å². The molecular formula is C14H22N2O3. The molecular weight excluding hydrogens is 244 g/mol. The van der Waals surface area contributed by atoms with Crippen molar-refractivity contribution < 1.29 is 14.6 Å². The summed E-state index contributed by atoms with van der Waals surface area (Å²) in [5, 5.41) is 12.4. The monoisotopic (exact) mass is 266 g/mol. The number of rotatable bonds is 7. The number of benzene rings is 1. The third-order valence-corrected chi connectivity index (χ3v) is 2.84. The molecule has 19 heavy (non-hydrogen) atoms. The number of hydrogen-bond acceptors (Lipinski definition) is 4. The second kappa shape index (κ2) is 7.63. The second-order valence-corrected chi connectivity index (χ2v) is 4.39. The van der Waals surface area contributed by atoms with Crippen molar-refractivity contribution in [2.45, 2.75) is 19.9 Å². The third-order valence-electron chi connectivity index (χ3n) is 2.84. The molecule has 0 heterocycles. The summed E-state index contributed by atoms with van der Waals surface area (Å²) in [5.74, 6) is 0.569. The second-order valence-electron chi connectivity index (χ2n) is 4.39. The highest BCUT2D eigenvalue weighted by Gasteiger charge is 2.11. The van der Waals surface area contributed by atoms with Gasteiger partial charge in [0.15, 0.2) is 11.5 Å². The van der Waals surface area contributed by atoms with Crippen LogP contribution in [0.2, 0.25) is 0 Å². The van der Waals surface area contributed by atoms with Gasteiger partial charge in [0.25, 0.3) is 0 Å². The van der Waals surface area contributed by atoms with E-state index in [0.29, 0.717) is 18.8 Å². The summed E-state index contributed by atoms with van der Waals surface area (Å²) in [6.07, 6.45) is 0.971. The Labute approximate surface area is 114 Å². The zero-order valence-electron chi connectivity index (χ0n) is 11.8. The smallest absolute Gasteiger partial charge is 0.233 e. The first-order valence-electron chi connectivity index (χ1n) is 6.39. The Bertz CT molecular complexity index is 421. The highest BCUT2D eigenvalue weighted by Crippen LogP contribution is 2.26. The fourth-order valence-electron chi connectivity index (χ4n) is 1.90. The maximum Gasteiger partial charge on any atom is 0.233 e. The van der Waals surface area contributed by atoms with Crippen molar-refractivity contribution in [2.75, 3.05) is 27.2 Å². The number of hydrogen-bond donors (Lipinski definition) is 2. The molecule has 1 aromatic rings. The molecule has 0 aliphatic heterocycles. The normalized spacial score (nSPS) is 10.5. The van der Waals surface area contributed by atoms with Crippen molar-refractivity contribution in [3.8, 4) is 11.5 Å². The Hall–Kier alpha value is -1.75. The molecule has 5 heteroatoms. The van der Waals surface area contributed by atoms with Gasteiger partial charge in [0, 0.05) is 13.6 Å². The summed E-state index contributed by atoms with van der Waals surface area (Å²) in [6, 6.07) is 5.30. The number of nitrogens with one attached hydrogen (secondary N) is 1. The standard InChI is InChI=1S/C14H22N2O3/c1-4-7-16(10-14(18)15-2)9-11-5-6-13(19-3)12(17)8-11/h5-6,8,17H,4,7,9-10H2,1-3H3,(H,15,18). The van der Waals surface area contributed by atoms with E-state index < -0.39 is 0 Å². The van der Waals surface area contributed by atoms with Gasteiger partial charge in [-0.15, -0.1) is 0 Å². The van der Waals surface area contributed by atoms with Crippen LogP contribution < -0.4 is 10.1 Å². The molecule has 0 unspecified atom stereocenters. The van der Waals surface area contributed by atoms with Crippen molar-refractivity contribution in [1.29, 1.82) is 0 Å². The van der Waals surface area contributed by atoms with Crippen LogP contribution in [0.4, 0.5) is 0 Å². The molecule has 0 spiro atoms. The lowest BCUT2D eigenvalue weighted by Crippen LogP contribution is -2.35. The van der Waals surface area contributed by atoms with Crippen molar-refractivity contribution in [1.82, 2.24) is 10.2 Å². The number of carbonyl (C=O) groups is 1. The minimum atomic E-state index is -0.00816. The van der Waals surface area contributed by atoms with Gasteiger partial charge in [-0.3, -0.25) is 9.69 Å². The summed E-state index contributed by atoms with van der Waals surface area (Å²) in [5.41, 5.74) is 0.954. The average Bonchev–Trinajstić information content (AvgIpc) is 2.39. The molecule has 1 aromatic carbocycles. The molecule has 106 valence electrons. The van der Waals surface area contributed by atoms with Gasteiger partial charge in [0.05, 0.1) is 13.7 Å². The number of likely N-dealkylation sites (N-methyl/N-ethyl adjacent to an activating group) is 1. The van der Waals surface area contributed by atoms with Crippen molar-refractivity contribution >= 4 is 5.91 Å². The summed E-state index contributed by atoms with van der Waals surface area (Å²) < 4.78 is 5.01. The number of carbonyl (C=O) groups excluding carboxylic acids is 1. The molecule has 0 radical (unpaired) electrons. The molecule has 0 aromatic heterocycles. The molecule has 1 amide bonds. The van der Waals surface area contributed by atoms with Crippen LogP contribution in [-0.4, -0.2) is 43.2 Å². The van der Waals surface area contributed by atoms with Gasteiger partial charge in [0.2, 0.25) is 5.91 Å². The van der Waals surface area contributed by atoms with Crippen LogP contribution in [0, 0.1) is 0 Å². The van der Waals surface area contributed by atoms with Gasteiger partial charge in [-0.2, -0.15) is 0 Å². The van der Waals surface area contributed by atoms with Crippen LogP contribution in [0.15, 0.2) is 18.2 Å². The number of aromatic hydroxyl groups is 1. The van der Waals surface area contributed by atoms with Crippen LogP contribution in [0.5, 0.6) is 11.5 Å². The van der Waals surface area contributed by atoms with E-state index in [9.17, 15) is 9.90 Å². The van der Waals surface area contributed by atoms with Crippen molar-refractivity contribution in [3.05, 3.63) is 23.8 Å². The summed E-state index contributed by atoms with van der Waals surface area (Å²) in [4.78, 5) is 13.5. The molecule has 1 rings (SSSR count). The number of methoxy groups -OCH3 is 1. The summed E-state index contributed by atoms with van der Waals surface area (Å²) in [7, 11) is 3.15. The number of ether oxygens (including phenoxy) is 1. The molecule has 0 atom stereocenters. The Kier molecular flexibility index (Phi) is 6.15. The Morgan fingerprint density at radius 2 is 2.21 bits per heavy atom. The quantitative estimate of drug-likeness (QED) is 0.782. The van der Waals surface area contributed by atoms with Gasteiger partial charge >= 0.3 is 0 Å². The molecule has 0 saturated carbocycles. The van der Waals surface area contributed by atoms with E-state index in [1.165, 1.54) is 7.11 Å². The van der Waals surface area contributed by atoms with Gasteiger partial charge in [-0.1, -0.05) is 13.0 Å². The summed E-state index contributed by atoms with van der Waals surface area (Å²) in [6.45, 7) is 3.89. The molecule has 0 aliphatic carbocycles. The molecule has 2 N–H and O–H groups in total. The van der Waals surface area contributed by atoms with Crippen LogP contribution >= 0.6 is 0 Å². The van der Waals surface area contributed by atoms with Crippen LogP contribution in [0.25, 0.3) is 0 Å². The molecule has 0 fully saturated rings. The predicted molar refractivity (Wildman–Crippen MR) is 74.3 cm³/mol. The van der Waals surface area contributed by atoms with E-state index >= 15 is 0 Å². The molecule has 5 nitrogen and oxygen atoms in total. The number of amides is 1. The highest BCUT2D eigenvalue weighted by molar-refractivity contribution is 5.77. The van der Waals surface area contributed by atoms with Gasteiger partial charge in [-0.25, -0.2) is 0 Å². The lowest BCUT2D eigenvalue weighted by molar-refractivity contribution is -0.121. The van der Waals surface area contributed by atoms with Crippen molar-refractivity contribution in [2.24, 2.45) is 0 Å². The Balaban J connectivity index is 2.72. The average molecular weight is 266 g/mol. The van der Waals surface area contributed by atoms with Gasteiger partial charge < -0.3 is 15.2 Å². The first-order valence-corrected chi connectivity index (χ1v) is 6.39. The Morgan fingerprint density at radius 1 is 1.47 bits per heavy atom. The lowest BCUT2D eigenvalue weighted by atomic mass is 10.2. The summed E-state index contributed by atoms with van der Waals surface area (Å²) >= 11 is 0. The maximum absolute atomic E-state index is 11.4. The lowest BCUT2D eigenvalue weighted by Gasteiger charge is -2.21. The Morgan fingerprint density at radius 3 is 2.74 bits per heavy atom. The number of phenols is 1. The third kappa shape index (κ3) is 4.79. The van der Waals surface area contributed by atoms with Crippen LogP contribution in [-0.2, 0) is 11.3 Å². The number of nitrogens with zero attached hydrogens (tertiary/aromatic N) is 1. The maximum atomic E-state index is 11.4.